The molecule has 0 unspecified atom stereocenters. The lowest BCUT2D eigenvalue weighted by molar-refractivity contribution is -0.121. The van der Waals surface area contributed by atoms with Crippen molar-refractivity contribution in [2.45, 2.75) is 13.3 Å². The average molecular weight is 485 g/mol. The molecule has 3 aromatic rings. The molecular weight excluding hydrogens is 465 g/mol. The highest BCUT2D eigenvalue weighted by atomic mass is 19.1. The summed E-state index contributed by atoms with van der Waals surface area (Å²) < 4.78 is 19.3. The third-order valence-corrected chi connectivity index (χ3v) is 5.70. The summed E-state index contributed by atoms with van der Waals surface area (Å²) in [5.74, 6) is -3.35. The highest BCUT2D eigenvalue weighted by Gasteiger charge is 2.37. The number of aryl methyl sites for hydroxylation is 1. The molecule has 0 atom stereocenters. The Bertz CT molecular complexity index is 1430. The topological polar surface area (TPSA) is 108 Å². The SMILES string of the molecule is Cc1ccccc1N1C(=O)c2ccc(C(=O)OCC(=O)N(CCC#N)c3ccccc3F)cc2C1=O. The summed E-state index contributed by atoms with van der Waals surface area (Å²) in [6.45, 7) is 0.982. The molecule has 180 valence electrons. The third-order valence-electron chi connectivity index (χ3n) is 5.70. The number of fused-ring (bicyclic) bond motifs is 1. The van der Waals surface area contributed by atoms with Gasteiger partial charge >= 0.3 is 5.97 Å². The highest BCUT2D eigenvalue weighted by molar-refractivity contribution is 6.35. The van der Waals surface area contributed by atoms with Crippen LogP contribution in [0.15, 0.2) is 66.7 Å². The molecule has 0 bridgehead atoms. The fraction of sp³-hybridized carbons (Fsp3) is 0.148. The van der Waals surface area contributed by atoms with Gasteiger partial charge in [0, 0.05) is 6.54 Å². The van der Waals surface area contributed by atoms with E-state index in [4.69, 9.17) is 10.00 Å². The van der Waals surface area contributed by atoms with E-state index in [0.29, 0.717) is 5.69 Å². The predicted octanol–water partition coefficient (Wildman–Crippen LogP) is 4.04. The maximum Gasteiger partial charge on any atom is 0.338 e. The van der Waals surface area contributed by atoms with Crippen LogP contribution in [0.5, 0.6) is 0 Å². The Labute approximate surface area is 206 Å². The van der Waals surface area contributed by atoms with Crippen molar-refractivity contribution in [3.8, 4) is 6.07 Å². The van der Waals surface area contributed by atoms with Crippen LogP contribution >= 0.6 is 0 Å². The van der Waals surface area contributed by atoms with Gasteiger partial charge in [-0.3, -0.25) is 14.4 Å². The van der Waals surface area contributed by atoms with Crippen molar-refractivity contribution in [1.82, 2.24) is 0 Å². The zero-order valence-electron chi connectivity index (χ0n) is 19.2. The number of nitriles is 1. The lowest BCUT2D eigenvalue weighted by atomic mass is 10.1. The van der Waals surface area contributed by atoms with Gasteiger partial charge in [0.05, 0.1) is 40.6 Å². The Morgan fingerprint density at radius 2 is 1.69 bits per heavy atom. The molecule has 1 aliphatic rings. The van der Waals surface area contributed by atoms with Gasteiger partial charge in [0.2, 0.25) is 0 Å². The summed E-state index contributed by atoms with van der Waals surface area (Å²) in [5.41, 5.74) is 1.32. The lowest BCUT2D eigenvalue weighted by Crippen LogP contribution is -2.36. The molecule has 0 saturated heterocycles. The molecule has 0 fully saturated rings. The molecule has 0 spiro atoms. The standard InChI is InChI=1S/C27H20FN3O5/c1-17-7-2-4-9-22(17)31-25(33)19-12-11-18(15-20(19)26(31)34)27(35)36-16-24(32)30(14-6-13-29)23-10-5-3-8-21(23)28/h2-5,7-12,15H,6,14,16H2,1H3. The second-order valence-corrected chi connectivity index (χ2v) is 7.97. The maximum atomic E-state index is 14.2. The predicted molar refractivity (Wildman–Crippen MR) is 128 cm³/mol. The molecule has 8 nitrogen and oxygen atoms in total. The first kappa shape index (κ1) is 24.3. The number of esters is 1. The number of anilines is 2. The summed E-state index contributed by atoms with van der Waals surface area (Å²) in [6.07, 6.45) is -0.0492. The number of amides is 3. The summed E-state index contributed by atoms with van der Waals surface area (Å²) in [7, 11) is 0. The quantitative estimate of drug-likeness (QED) is 0.369. The highest BCUT2D eigenvalue weighted by Crippen LogP contribution is 2.31. The van der Waals surface area contributed by atoms with Crippen LogP contribution in [0.2, 0.25) is 0 Å². The summed E-state index contributed by atoms with van der Waals surface area (Å²) >= 11 is 0. The van der Waals surface area contributed by atoms with Crippen molar-refractivity contribution in [2.75, 3.05) is 23.0 Å². The zero-order chi connectivity index (χ0) is 25.8. The van der Waals surface area contributed by atoms with Crippen molar-refractivity contribution >= 4 is 35.1 Å². The minimum Gasteiger partial charge on any atom is -0.452 e. The molecule has 1 aliphatic heterocycles. The minimum atomic E-state index is -0.894. The summed E-state index contributed by atoms with van der Waals surface area (Å²) in [5, 5.41) is 8.88. The smallest absolute Gasteiger partial charge is 0.338 e. The number of halogens is 1. The van der Waals surface area contributed by atoms with Gasteiger partial charge in [-0.15, -0.1) is 0 Å². The van der Waals surface area contributed by atoms with E-state index in [1.807, 2.05) is 6.07 Å². The van der Waals surface area contributed by atoms with Crippen LogP contribution < -0.4 is 9.80 Å². The largest absolute Gasteiger partial charge is 0.452 e. The zero-order valence-corrected chi connectivity index (χ0v) is 19.2. The van der Waals surface area contributed by atoms with Crippen molar-refractivity contribution in [3.05, 3.63) is 94.8 Å². The van der Waals surface area contributed by atoms with E-state index in [9.17, 15) is 23.6 Å². The van der Waals surface area contributed by atoms with Crippen molar-refractivity contribution < 1.29 is 28.3 Å². The molecule has 0 saturated carbocycles. The van der Waals surface area contributed by atoms with Crippen LogP contribution in [0.25, 0.3) is 0 Å². The number of nitrogens with zero attached hydrogens (tertiary/aromatic N) is 3. The molecule has 0 aromatic heterocycles. The van der Waals surface area contributed by atoms with Gasteiger partial charge in [0.25, 0.3) is 17.7 Å². The van der Waals surface area contributed by atoms with E-state index in [2.05, 4.69) is 0 Å². The fourth-order valence-electron chi connectivity index (χ4n) is 3.90. The Morgan fingerprint density at radius 3 is 2.42 bits per heavy atom. The Kier molecular flexibility index (Phi) is 6.88. The summed E-state index contributed by atoms with van der Waals surface area (Å²) in [4.78, 5) is 53.3. The second-order valence-electron chi connectivity index (χ2n) is 7.97. The first-order valence-electron chi connectivity index (χ1n) is 11.0. The van der Waals surface area contributed by atoms with Crippen molar-refractivity contribution in [1.29, 1.82) is 5.26 Å². The van der Waals surface area contributed by atoms with Crippen LogP contribution in [0.3, 0.4) is 0 Å². The Hall–Kier alpha value is -4.84. The van der Waals surface area contributed by atoms with Gasteiger partial charge in [0.15, 0.2) is 6.61 Å². The molecule has 9 heteroatoms. The maximum absolute atomic E-state index is 14.2. The van der Waals surface area contributed by atoms with E-state index in [0.717, 1.165) is 15.4 Å². The van der Waals surface area contributed by atoms with Gasteiger partial charge < -0.3 is 9.64 Å². The van der Waals surface area contributed by atoms with E-state index in [1.165, 1.54) is 36.4 Å². The molecule has 4 rings (SSSR count). The third kappa shape index (κ3) is 4.57. The van der Waals surface area contributed by atoms with Gasteiger partial charge in [0.1, 0.15) is 5.82 Å². The second kappa shape index (κ2) is 10.2. The van der Waals surface area contributed by atoms with Crippen molar-refractivity contribution in [3.63, 3.8) is 0 Å². The van der Waals surface area contributed by atoms with E-state index in [1.54, 1.807) is 37.3 Å². The van der Waals surface area contributed by atoms with Crippen LogP contribution in [0, 0.1) is 24.1 Å². The van der Waals surface area contributed by atoms with E-state index >= 15 is 0 Å². The Balaban J connectivity index is 1.50. The number of rotatable bonds is 7. The van der Waals surface area contributed by atoms with Gasteiger partial charge in [-0.05, 0) is 48.9 Å². The Morgan fingerprint density at radius 1 is 1.00 bits per heavy atom. The molecule has 36 heavy (non-hydrogen) atoms. The number of carbonyl (C=O) groups is 4. The number of hydrogen-bond donors (Lipinski definition) is 0. The number of benzene rings is 3. The van der Waals surface area contributed by atoms with Gasteiger partial charge in [-0.25, -0.2) is 14.1 Å². The van der Waals surface area contributed by atoms with Gasteiger partial charge in [-0.1, -0.05) is 30.3 Å². The number of carbonyl (C=O) groups excluding carboxylic acids is 4. The first-order valence-corrected chi connectivity index (χ1v) is 11.0. The van der Waals surface area contributed by atoms with Crippen LogP contribution in [0.4, 0.5) is 15.8 Å². The fourth-order valence-corrected chi connectivity index (χ4v) is 3.90. The lowest BCUT2D eigenvalue weighted by Gasteiger charge is -2.22. The first-order chi connectivity index (χ1) is 17.3. The molecule has 3 aromatic carbocycles. The van der Waals surface area contributed by atoms with Crippen LogP contribution in [0.1, 0.15) is 43.1 Å². The number of ether oxygens (including phenoxy) is 1. The minimum absolute atomic E-state index is 0.0243. The van der Waals surface area contributed by atoms with E-state index in [-0.39, 0.29) is 35.3 Å². The number of hydrogen-bond acceptors (Lipinski definition) is 6. The molecule has 0 radical (unpaired) electrons. The molecule has 3 amide bonds. The van der Waals surface area contributed by atoms with Crippen LogP contribution in [-0.2, 0) is 9.53 Å². The number of para-hydroxylation sites is 2. The van der Waals surface area contributed by atoms with Gasteiger partial charge in [-0.2, -0.15) is 5.26 Å². The molecule has 1 heterocycles. The van der Waals surface area contributed by atoms with Crippen molar-refractivity contribution in [2.24, 2.45) is 0 Å². The monoisotopic (exact) mass is 485 g/mol. The average Bonchev–Trinajstić information content (AvgIpc) is 3.13. The van der Waals surface area contributed by atoms with Crippen LogP contribution in [-0.4, -0.2) is 36.8 Å². The van der Waals surface area contributed by atoms with E-state index < -0.39 is 36.1 Å². The normalized spacial score (nSPS) is 12.2. The number of imide groups is 1. The molecule has 0 N–H and O–H groups in total. The summed E-state index contributed by atoms with van der Waals surface area (Å²) in [6, 6.07) is 18.4. The molecule has 0 aliphatic carbocycles. The molecular formula is C27H20FN3O5.